The van der Waals surface area contributed by atoms with E-state index in [9.17, 15) is 9.59 Å². The van der Waals surface area contributed by atoms with Crippen molar-refractivity contribution >= 4 is 23.5 Å². The fourth-order valence-electron chi connectivity index (χ4n) is 1.89. The topological polar surface area (TPSA) is 79.7 Å². The summed E-state index contributed by atoms with van der Waals surface area (Å²) in [6.07, 6.45) is 1.37. The van der Waals surface area contributed by atoms with Crippen LogP contribution in [0.5, 0.6) is 0 Å². The normalized spacial score (nSPS) is 19.3. The van der Waals surface area contributed by atoms with Crippen molar-refractivity contribution in [3.05, 3.63) is 28.5 Å². The number of hydrogen-bond acceptors (Lipinski definition) is 4. The van der Waals surface area contributed by atoms with E-state index in [2.05, 4.69) is 4.98 Å². The molecule has 0 bridgehead atoms. The summed E-state index contributed by atoms with van der Waals surface area (Å²) in [7, 11) is 0. The number of carboxylic acids is 1. The van der Waals surface area contributed by atoms with Gasteiger partial charge >= 0.3 is 5.97 Å². The minimum atomic E-state index is -1.09. The SMILES string of the molecule is Cc1cc(Cl)c(C(=O)N2CCOCC2C(=O)O)cn1. The summed E-state index contributed by atoms with van der Waals surface area (Å²) < 4.78 is 5.09. The zero-order chi connectivity index (χ0) is 14.0. The molecule has 1 aliphatic rings. The Labute approximate surface area is 114 Å². The van der Waals surface area contributed by atoms with E-state index in [1.165, 1.54) is 11.1 Å². The summed E-state index contributed by atoms with van der Waals surface area (Å²) in [6.45, 7) is 2.28. The average molecular weight is 285 g/mol. The number of halogens is 1. The van der Waals surface area contributed by atoms with Crippen LogP contribution in [-0.2, 0) is 9.53 Å². The van der Waals surface area contributed by atoms with Gasteiger partial charge in [-0.05, 0) is 13.0 Å². The van der Waals surface area contributed by atoms with Crippen LogP contribution in [0.1, 0.15) is 16.1 Å². The molecule has 0 aromatic carbocycles. The van der Waals surface area contributed by atoms with Gasteiger partial charge in [-0.1, -0.05) is 11.6 Å². The molecule has 1 atom stereocenters. The second-order valence-electron chi connectivity index (χ2n) is 4.23. The first-order valence-electron chi connectivity index (χ1n) is 5.74. The lowest BCUT2D eigenvalue weighted by molar-refractivity contribution is -0.147. The summed E-state index contributed by atoms with van der Waals surface area (Å²) in [5.41, 5.74) is 0.902. The number of morpholine rings is 1. The average Bonchev–Trinajstić information content (AvgIpc) is 2.38. The van der Waals surface area contributed by atoms with Gasteiger partial charge in [-0.15, -0.1) is 0 Å². The van der Waals surface area contributed by atoms with E-state index in [1.54, 1.807) is 13.0 Å². The summed E-state index contributed by atoms with van der Waals surface area (Å²) >= 11 is 6.00. The Bertz CT molecular complexity index is 520. The van der Waals surface area contributed by atoms with Gasteiger partial charge in [0.1, 0.15) is 0 Å². The molecule has 1 fully saturated rings. The van der Waals surface area contributed by atoms with E-state index in [0.29, 0.717) is 12.3 Å². The molecule has 0 aliphatic carbocycles. The van der Waals surface area contributed by atoms with E-state index in [1.807, 2.05) is 0 Å². The summed E-state index contributed by atoms with van der Waals surface area (Å²) in [6, 6.07) is 0.587. The molecule has 1 saturated heterocycles. The molecule has 1 unspecified atom stereocenters. The maximum absolute atomic E-state index is 12.3. The molecule has 1 N–H and O–H groups in total. The Morgan fingerprint density at radius 3 is 2.95 bits per heavy atom. The zero-order valence-corrected chi connectivity index (χ0v) is 11.1. The second kappa shape index (κ2) is 5.54. The number of carbonyl (C=O) groups is 2. The van der Waals surface area contributed by atoms with Crippen molar-refractivity contribution in [1.29, 1.82) is 0 Å². The number of pyridine rings is 1. The quantitative estimate of drug-likeness (QED) is 0.875. The number of hydrogen-bond donors (Lipinski definition) is 1. The Balaban J connectivity index is 2.28. The van der Waals surface area contributed by atoms with Gasteiger partial charge < -0.3 is 14.7 Å². The summed E-state index contributed by atoms with van der Waals surface area (Å²) in [4.78, 5) is 28.7. The van der Waals surface area contributed by atoms with Crippen LogP contribution in [0.3, 0.4) is 0 Å². The molecule has 0 spiro atoms. The van der Waals surface area contributed by atoms with Crippen molar-refractivity contribution in [2.24, 2.45) is 0 Å². The molecule has 7 heteroatoms. The largest absolute Gasteiger partial charge is 0.480 e. The lowest BCUT2D eigenvalue weighted by atomic mass is 10.1. The lowest BCUT2D eigenvalue weighted by Crippen LogP contribution is -2.52. The molecule has 0 saturated carbocycles. The van der Waals surface area contributed by atoms with Crippen molar-refractivity contribution in [1.82, 2.24) is 9.88 Å². The smallest absolute Gasteiger partial charge is 0.328 e. The number of aliphatic carboxylic acids is 1. The first-order chi connectivity index (χ1) is 9.00. The molecule has 0 radical (unpaired) electrons. The molecule has 1 aromatic rings. The molecule has 1 amide bonds. The molecule has 6 nitrogen and oxygen atoms in total. The van der Waals surface area contributed by atoms with Gasteiger partial charge in [0.15, 0.2) is 6.04 Å². The highest BCUT2D eigenvalue weighted by Gasteiger charge is 2.34. The van der Waals surface area contributed by atoms with Crippen LogP contribution in [0.4, 0.5) is 0 Å². The van der Waals surface area contributed by atoms with Crippen LogP contribution >= 0.6 is 11.6 Å². The van der Waals surface area contributed by atoms with Crippen LogP contribution in [0.2, 0.25) is 5.02 Å². The standard InChI is InChI=1S/C12H13ClN2O4/c1-7-4-9(13)8(5-14-7)11(16)15-2-3-19-6-10(15)12(17)18/h4-5,10H,2-3,6H2,1H3,(H,17,18). The van der Waals surface area contributed by atoms with Crippen molar-refractivity contribution in [2.75, 3.05) is 19.8 Å². The first-order valence-corrected chi connectivity index (χ1v) is 6.12. The van der Waals surface area contributed by atoms with Crippen molar-refractivity contribution in [2.45, 2.75) is 13.0 Å². The Morgan fingerprint density at radius 1 is 1.58 bits per heavy atom. The molecule has 1 aromatic heterocycles. The fraction of sp³-hybridized carbons (Fsp3) is 0.417. The van der Waals surface area contributed by atoms with Crippen molar-refractivity contribution < 1.29 is 19.4 Å². The number of carbonyl (C=O) groups excluding carboxylic acids is 1. The fourth-order valence-corrected chi connectivity index (χ4v) is 2.18. The lowest BCUT2D eigenvalue weighted by Gasteiger charge is -2.33. The van der Waals surface area contributed by atoms with Crippen LogP contribution in [0, 0.1) is 6.92 Å². The third-order valence-corrected chi connectivity index (χ3v) is 3.21. The molecular weight excluding hydrogens is 272 g/mol. The highest BCUT2D eigenvalue weighted by Crippen LogP contribution is 2.20. The van der Waals surface area contributed by atoms with Gasteiger partial charge in [0.05, 0.1) is 23.8 Å². The maximum Gasteiger partial charge on any atom is 0.328 e. The number of aromatic nitrogens is 1. The number of aryl methyl sites for hydroxylation is 1. The predicted molar refractivity (Wildman–Crippen MR) is 67.3 cm³/mol. The number of nitrogens with zero attached hydrogens (tertiary/aromatic N) is 2. The summed E-state index contributed by atoms with van der Waals surface area (Å²) in [5.74, 6) is -1.53. The number of rotatable bonds is 2. The number of amides is 1. The Hall–Kier alpha value is -1.66. The molecular formula is C12H13ClN2O4. The van der Waals surface area contributed by atoms with Crippen molar-refractivity contribution in [3.63, 3.8) is 0 Å². The van der Waals surface area contributed by atoms with E-state index < -0.39 is 17.9 Å². The van der Waals surface area contributed by atoms with Crippen LogP contribution in [-0.4, -0.2) is 52.7 Å². The van der Waals surface area contributed by atoms with Crippen molar-refractivity contribution in [3.8, 4) is 0 Å². The van der Waals surface area contributed by atoms with Crippen LogP contribution < -0.4 is 0 Å². The molecule has 19 heavy (non-hydrogen) atoms. The molecule has 2 heterocycles. The van der Waals surface area contributed by atoms with Gasteiger partial charge in [-0.25, -0.2) is 4.79 Å². The minimum Gasteiger partial charge on any atom is -0.480 e. The number of carboxylic acid groups (broad SMARTS) is 1. The highest BCUT2D eigenvalue weighted by molar-refractivity contribution is 6.33. The third kappa shape index (κ3) is 2.85. The molecule has 102 valence electrons. The minimum absolute atomic E-state index is 0.0159. The van der Waals surface area contributed by atoms with Gasteiger partial charge in [0, 0.05) is 18.4 Å². The maximum atomic E-state index is 12.3. The van der Waals surface area contributed by atoms with Gasteiger partial charge in [-0.2, -0.15) is 0 Å². The van der Waals surface area contributed by atoms with Gasteiger partial charge in [0.2, 0.25) is 0 Å². The van der Waals surface area contributed by atoms with E-state index in [4.69, 9.17) is 21.4 Å². The third-order valence-electron chi connectivity index (χ3n) is 2.89. The Morgan fingerprint density at radius 2 is 2.32 bits per heavy atom. The first kappa shape index (κ1) is 13.8. The highest BCUT2D eigenvalue weighted by atomic mass is 35.5. The zero-order valence-electron chi connectivity index (χ0n) is 10.3. The number of ether oxygens (including phenoxy) is 1. The van der Waals surface area contributed by atoms with E-state index in [0.717, 1.165) is 0 Å². The van der Waals surface area contributed by atoms with Gasteiger partial charge in [0.25, 0.3) is 5.91 Å². The monoisotopic (exact) mass is 284 g/mol. The van der Waals surface area contributed by atoms with Crippen LogP contribution in [0.25, 0.3) is 0 Å². The molecule has 2 rings (SSSR count). The Kier molecular flexibility index (Phi) is 4.01. The predicted octanol–water partition coefficient (Wildman–Crippen LogP) is 0.969. The van der Waals surface area contributed by atoms with Crippen LogP contribution in [0.15, 0.2) is 12.3 Å². The molecule has 1 aliphatic heterocycles. The second-order valence-corrected chi connectivity index (χ2v) is 4.64. The van der Waals surface area contributed by atoms with E-state index in [-0.39, 0.29) is 23.7 Å². The summed E-state index contributed by atoms with van der Waals surface area (Å²) in [5, 5.41) is 9.37. The van der Waals surface area contributed by atoms with Gasteiger partial charge in [-0.3, -0.25) is 9.78 Å². The van der Waals surface area contributed by atoms with E-state index >= 15 is 0 Å².